The highest BCUT2D eigenvalue weighted by Gasteiger charge is 2.15. The van der Waals surface area contributed by atoms with E-state index < -0.39 is 12.0 Å². The fraction of sp³-hybridized carbons (Fsp3) is 0.889. The summed E-state index contributed by atoms with van der Waals surface area (Å²) >= 11 is 0. The highest BCUT2D eigenvalue weighted by molar-refractivity contribution is 5.78. The van der Waals surface area contributed by atoms with Gasteiger partial charge in [-0.2, -0.15) is 0 Å². The Bertz CT molecular complexity index is 167. The van der Waals surface area contributed by atoms with Gasteiger partial charge in [-0.1, -0.05) is 12.8 Å². The molecule has 0 aliphatic heterocycles. The zero-order valence-corrected chi connectivity index (χ0v) is 7.83. The van der Waals surface area contributed by atoms with E-state index >= 15 is 0 Å². The first-order valence-corrected chi connectivity index (χ1v) is 4.88. The molecular weight excluding hydrogens is 168 g/mol. The van der Waals surface area contributed by atoms with E-state index in [-0.39, 0.29) is 6.54 Å². The highest BCUT2D eigenvalue weighted by Crippen LogP contribution is 2.23. The molecule has 4 heteroatoms. The molecule has 0 aromatic rings. The van der Waals surface area contributed by atoms with Crippen LogP contribution >= 0.6 is 0 Å². The number of nitrogens with one attached hydrogen (secondary N) is 1. The van der Waals surface area contributed by atoms with Gasteiger partial charge in [-0.05, 0) is 25.3 Å². The fourth-order valence-corrected chi connectivity index (χ4v) is 1.74. The number of nitrogens with two attached hydrogens (primary N) is 1. The van der Waals surface area contributed by atoms with E-state index in [0.29, 0.717) is 0 Å². The average molecular weight is 186 g/mol. The van der Waals surface area contributed by atoms with Crippen LogP contribution in [0.4, 0.5) is 0 Å². The molecule has 1 aliphatic carbocycles. The lowest BCUT2D eigenvalue weighted by Gasteiger charge is -2.12. The van der Waals surface area contributed by atoms with E-state index in [2.05, 4.69) is 5.32 Å². The van der Waals surface area contributed by atoms with Crippen LogP contribution in [-0.2, 0) is 4.79 Å². The minimum absolute atomic E-state index is 0.284. The van der Waals surface area contributed by atoms with Gasteiger partial charge < -0.3 is 16.2 Å². The topological polar surface area (TPSA) is 75.4 Å². The van der Waals surface area contributed by atoms with Crippen molar-refractivity contribution in [1.29, 1.82) is 0 Å². The molecule has 4 N–H and O–H groups in total. The summed E-state index contributed by atoms with van der Waals surface area (Å²) in [7, 11) is 0. The molecule has 1 atom stereocenters. The molecule has 0 saturated heterocycles. The predicted molar refractivity (Wildman–Crippen MR) is 50.0 cm³/mol. The van der Waals surface area contributed by atoms with E-state index in [9.17, 15) is 4.79 Å². The summed E-state index contributed by atoms with van der Waals surface area (Å²) in [6, 6.07) is 0. The monoisotopic (exact) mass is 186 g/mol. The predicted octanol–water partition coefficient (Wildman–Crippen LogP) is -0.388. The number of hydrogen-bond donors (Lipinski definition) is 3. The lowest BCUT2D eigenvalue weighted by Crippen LogP contribution is -2.38. The lowest BCUT2D eigenvalue weighted by atomic mass is 10.1. The molecule has 0 aromatic heterocycles. The zero-order chi connectivity index (χ0) is 9.68. The van der Waals surface area contributed by atoms with Crippen molar-refractivity contribution < 1.29 is 9.90 Å². The SMILES string of the molecule is NC(=O)C(O)CNCC1CCCC1. The zero-order valence-electron chi connectivity index (χ0n) is 7.83. The number of carbonyl (C=O) groups excluding carboxylic acids is 1. The third-order valence-corrected chi connectivity index (χ3v) is 2.57. The molecule has 76 valence electrons. The molecule has 1 rings (SSSR count). The third-order valence-electron chi connectivity index (χ3n) is 2.57. The maximum atomic E-state index is 10.5. The van der Waals surface area contributed by atoms with Crippen molar-refractivity contribution in [3.63, 3.8) is 0 Å². The number of hydrogen-bond acceptors (Lipinski definition) is 3. The van der Waals surface area contributed by atoms with Crippen molar-refractivity contribution in [3.8, 4) is 0 Å². The largest absolute Gasteiger partial charge is 0.382 e. The number of amides is 1. The van der Waals surface area contributed by atoms with Gasteiger partial charge in [-0.3, -0.25) is 4.79 Å². The van der Waals surface area contributed by atoms with Crippen molar-refractivity contribution in [2.24, 2.45) is 11.7 Å². The number of primary amides is 1. The summed E-state index contributed by atoms with van der Waals surface area (Å²) in [5.41, 5.74) is 4.90. The number of rotatable bonds is 5. The summed E-state index contributed by atoms with van der Waals surface area (Å²) in [6.45, 7) is 1.18. The van der Waals surface area contributed by atoms with Gasteiger partial charge in [-0.25, -0.2) is 0 Å². The molecule has 0 bridgehead atoms. The summed E-state index contributed by atoms with van der Waals surface area (Å²) in [4.78, 5) is 10.5. The standard InChI is InChI=1S/C9H18N2O2/c10-9(13)8(12)6-11-5-7-3-1-2-4-7/h7-8,11-12H,1-6H2,(H2,10,13). The van der Waals surface area contributed by atoms with Gasteiger partial charge in [0.05, 0.1) is 0 Å². The van der Waals surface area contributed by atoms with Gasteiger partial charge in [0.25, 0.3) is 0 Å². The molecule has 0 radical (unpaired) electrons. The molecule has 0 spiro atoms. The smallest absolute Gasteiger partial charge is 0.247 e. The minimum atomic E-state index is -1.04. The van der Waals surface area contributed by atoms with Gasteiger partial charge in [0.1, 0.15) is 6.10 Å². The first-order chi connectivity index (χ1) is 6.20. The van der Waals surface area contributed by atoms with E-state index in [1.54, 1.807) is 0 Å². The number of carbonyl (C=O) groups is 1. The van der Waals surface area contributed by atoms with Crippen molar-refractivity contribution in [2.45, 2.75) is 31.8 Å². The van der Waals surface area contributed by atoms with Gasteiger partial charge in [0.15, 0.2) is 0 Å². The summed E-state index contributed by atoms with van der Waals surface area (Å²) in [5.74, 6) is 0.0685. The Balaban J connectivity index is 2.02. The van der Waals surface area contributed by atoms with Gasteiger partial charge in [0, 0.05) is 6.54 Å². The van der Waals surface area contributed by atoms with Crippen molar-refractivity contribution in [3.05, 3.63) is 0 Å². The van der Waals surface area contributed by atoms with Crippen LogP contribution in [0.2, 0.25) is 0 Å². The van der Waals surface area contributed by atoms with Crippen LogP contribution in [0, 0.1) is 5.92 Å². The lowest BCUT2D eigenvalue weighted by molar-refractivity contribution is -0.125. The Hall–Kier alpha value is -0.610. The maximum absolute atomic E-state index is 10.5. The molecular formula is C9H18N2O2. The van der Waals surface area contributed by atoms with Crippen LogP contribution in [0.15, 0.2) is 0 Å². The second-order valence-corrected chi connectivity index (χ2v) is 3.73. The normalized spacial score (nSPS) is 20.4. The Morgan fingerprint density at radius 1 is 1.54 bits per heavy atom. The van der Waals surface area contributed by atoms with Crippen LogP contribution in [0.3, 0.4) is 0 Å². The second-order valence-electron chi connectivity index (χ2n) is 3.73. The van der Waals surface area contributed by atoms with Crippen LogP contribution in [0.1, 0.15) is 25.7 Å². The average Bonchev–Trinajstić information content (AvgIpc) is 2.56. The molecule has 1 saturated carbocycles. The van der Waals surface area contributed by atoms with E-state index in [4.69, 9.17) is 10.8 Å². The van der Waals surface area contributed by atoms with Crippen molar-refractivity contribution in [1.82, 2.24) is 5.32 Å². The van der Waals surface area contributed by atoms with Crippen LogP contribution in [0.5, 0.6) is 0 Å². The van der Waals surface area contributed by atoms with Gasteiger partial charge >= 0.3 is 0 Å². The van der Waals surface area contributed by atoms with Gasteiger partial charge in [0.2, 0.25) is 5.91 Å². The molecule has 0 heterocycles. The molecule has 1 amide bonds. The number of aliphatic hydroxyl groups is 1. The quantitative estimate of drug-likeness (QED) is 0.547. The summed E-state index contributed by atoms with van der Waals surface area (Å²) < 4.78 is 0. The molecule has 1 unspecified atom stereocenters. The highest BCUT2D eigenvalue weighted by atomic mass is 16.3. The van der Waals surface area contributed by atoms with Crippen LogP contribution in [0.25, 0.3) is 0 Å². The minimum Gasteiger partial charge on any atom is -0.382 e. The maximum Gasteiger partial charge on any atom is 0.247 e. The van der Waals surface area contributed by atoms with Crippen molar-refractivity contribution >= 4 is 5.91 Å². The summed E-state index contributed by atoms with van der Waals surface area (Å²) in [6.07, 6.45) is 4.11. The van der Waals surface area contributed by atoms with Gasteiger partial charge in [-0.15, -0.1) is 0 Å². The Morgan fingerprint density at radius 3 is 2.69 bits per heavy atom. The molecule has 13 heavy (non-hydrogen) atoms. The van der Waals surface area contributed by atoms with E-state index in [1.165, 1.54) is 25.7 Å². The van der Waals surface area contributed by atoms with E-state index in [1.807, 2.05) is 0 Å². The molecule has 0 aromatic carbocycles. The third kappa shape index (κ3) is 3.74. The van der Waals surface area contributed by atoms with Crippen molar-refractivity contribution in [2.75, 3.05) is 13.1 Å². The Morgan fingerprint density at radius 2 is 2.15 bits per heavy atom. The molecule has 1 fully saturated rings. The second kappa shape index (κ2) is 5.19. The summed E-state index contributed by atoms with van der Waals surface area (Å²) in [5, 5.41) is 12.1. The Kier molecular flexibility index (Phi) is 4.18. The first kappa shape index (κ1) is 10.5. The van der Waals surface area contributed by atoms with E-state index in [0.717, 1.165) is 12.5 Å². The van der Waals surface area contributed by atoms with Crippen LogP contribution < -0.4 is 11.1 Å². The van der Waals surface area contributed by atoms with Crippen LogP contribution in [-0.4, -0.2) is 30.2 Å². The Labute approximate surface area is 78.5 Å². The number of aliphatic hydroxyl groups excluding tert-OH is 1. The first-order valence-electron chi connectivity index (χ1n) is 4.88. The fourth-order valence-electron chi connectivity index (χ4n) is 1.74. The molecule has 4 nitrogen and oxygen atoms in total. The molecule has 1 aliphatic rings.